The molecule has 16 heavy (non-hydrogen) atoms. The lowest BCUT2D eigenvalue weighted by Crippen LogP contribution is -2.50. The van der Waals surface area contributed by atoms with Gasteiger partial charge < -0.3 is 20.4 Å². The molecule has 2 heterocycles. The number of carbonyl (C=O) groups is 1. The second-order valence-electron chi connectivity index (χ2n) is 5.19. The molecule has 0 aliphatic carbocycles. The van der Waals surface area contributed by atoms with Crippen molar-refractivity contribution in [1.29, 1.82) is 0 Å². The van der Waals surface area contributed by atoms with E-state index in [4.69, 9.17) is 0 Å². The summed E-state index contributed by atoms with van der Waals surface area (Å²) in [5.74, 6) is 0.0512. The zero-order valence-electron chi connectivity index (χ0n) is 9.65. The zero-order chi connectivity index (χ0) is 11.8. The number of hydrogen-bond acceptors (Lipinski definition) is 4. The van der Waals surface area contributed by atoms with Crippen LogP contribution in [0.1, 0.15) is 19.8 Å². The van der Waals surface area contributed by atoms with Gasteiger partial charge in [0.05, 0.1) is 17.6 Å². The van der Waals surface area contributed by atoms with E-state index in [9.17, 15) is 15.0 Å². The first-order chi connectivity index (χ1) is 7.53. The van der Waals surface area contributed by atoms with Gasteiger partial charge in [-0.2, -0.15) is 0 Å². The van der Waals surface area contributed by atoms with Crippen LogP contribution in [0, 0.1) is 5.41 Å². The highest BCUT2D eigenvalue weighted by molar-refractivity contribution is 5.83. The van der Waals surface area contributed by atoms with Crippen molar-refractivity contribution in [2.75, 3.05) is 26.2 Å². The SMILES string of the molecule is CC1(C(=O)N2CC(O)C(O)C2)CCCNC1. The summed E-state index contributed by atoms with van der Waals surface area (Å²) in [4.78, 5) is 13.9. The van der Waals surface area contributed by atoms with Crippen molar-refractivity contribution in [3.05, 3.63) is 0 Å². The van der Waals surface area contributed by atoms with Gasteiger partial charge in [-0.15, -0.1) is 0 Å². The standard InChI is InChI=1S/C11H20N2O3/c1-11(3-2-4-12-7-11)10(16)13-5-8(14)9(15)6-13/h8-9,12,14-15H,2-7H2,1H3. The lowest BCUT2D eigenvalue weighted by molar-refractivity contribution is -0.141. The van der Waals surface area contributed by atoms with E-state index in [1.807, 2.05) is 6.92 Å². The summed E-state index contributed by atoms with van der Waals surface area (Å²) >= 11 is 0. The Balaban J connectivity index is 2.01. The molecule has 2 aliphatic heterocycles. The summed E-state index contributed by atoms with van der Waals surface area (Å²) in [6, 6.07) is 0. The van der Waals surface area contributed by atoms with Crippen molar-refractivity contribution in [3.8, 4) is 0 Å². The molecule has 3 atom stereocenters. The fraction of sp³-hybridized carbons (Fsp3) is 0.909. The second kappa shape index (κ2) is 4.31. The number of nitrogens with one attached hydrogen (secondary N) is 1. The Morgan fingerprint density at radius 2 is 2.00 bits per heavy atom. The van der Waals surface area contributed by atoms with Gasteiger partial charge in [0.2, 0.25) is 5.91 Å². The van der Waals surface area contributed by atoms with Crippen molar-refractivity contribution >= 4 is 5.91 Å². The van der Waals surface area contributed by atoms with E-state index >= 15 is 0 Å². The summed E-state index contributed by atoms with van der Waals surface area (Å²) in [5.41, 5.74) is -0.373. The van der Waals surface area contributed by atoms with Gasteiger partial charge in [0.15, 0.2) is 0 Å². The average molecular weight is 228 g/mol. The molecule has 0 aromatic rings. The largest absolute Gasteiger partial charge is 0.388 e. The van der Waals surface area contributed by atoms with E-state index in [1.54, 1.807) is 4.90 Å². The molecule has 0 spiro atoms. The quantitative estimate of drug-likeness (QED) is 0.535. The molecule has 0 radical (unpaired) electrons. The molecular formula is C11H20N2O3. The highest BCUT2D eigenvalue weighted by Gasteiger charge is 2.42. The lowest BCUT2D eigenvalue weighted by atomic mass is 9.81. The third-order valence-electron chi connectivity index (χ3n) is 3.66. The van der Waals surface area contributed by atoms with Crippen LogP contribution in [0.15, 0.2) is 0 Å². The van der Waals surface area contributed by atoms with Crippen molar-refractivity contribution in [1.82, 2.24) is 10.2 Å². The van der Waals surface area contributed by atoms with Crippen LogP contribution in [-0.2, 0) is 4.79 Å². The first-order valence-electron chi connectivity index (χ1n) is 5.89. The van der Waals surface area contributed by atoms with E-state index < -0.39 is 12.2 Å². The molecular weight excluding hydrogens is 208 g/mol. The third kappa shape index (κ3) is 2.07. The van der Waals surface area contributed by atoms with E-state index in [2.05, 4.69) is 5.32 Å². The van der Waals surface area contributed by atoms with Gasteiger partial charge in [0.25, 0.3) is 0 Å². The first kappa shape index (κ1) is 11.8. The molecule has 5 heteroatoms. The van der Waals surface area contributed by atoms with Gasteiger partial charge in [-0.25, -0.2) is 0 Å². The van der Waals surface area contributed by atoms with Crippen LogP contribution < -0.4 is 5.32 Å². The second-order valence-corrected chi connectivity index (χ2v) is 5.19. The predicted molar refractivity (Wildman–Crippen MR) is 58.8 cm³/mol. The molecule has 2 fully saturated rings. The Hall–Kier alpha value is -0.650. The predicted octanol–water partition coefficient (Wildman–Crippen LogP) is -1.06. The number of nitrogens with zero attached hydrogens (tertiary/aromatic N) is 1. The van der Waals surface area contributed by atoms with Crippen molar-refractivity contribution in [2.24, 2.45) is 5.41 Å². The minimum atomic E-state index is -0.788. The van der Waals surface area contributed by atoms with E-state index in [0.717, 1.165) is 19.4 Å². The number of β-amino-alcohol motifs (C(OH)–C–C–N with tert-alkyl or cyclic N) is 2. The Kier molecular flexibility index (Phi) is 3.19. The summed E-state index contributed by atoms with van der Waals surface area (Å²) in [7, 11) is 0. The number of amides is 1. The van der Waals surface area contributed by atoms with Crippen LogP contribution in [-0.4, -0.2) is 59.4 Å². The van der Waals surface area contributed by atoms with E-state index in [-0.39, 0.29) is 24.4 Å². The number of rotatable bonds is 1. The highest BCUT2D eigenvalue weighted by Crippen LogP contribution is 2.29. The molecule has 2 aliphatic rings. The lowest BCUT2D eigenvalue weighted by Gasteiger charge is -2.35. The molecule has 2 saturated heterocycles. The minimum absolute atomic E-state index is 0.0512. The van der Waals surface area contributed by atoms with Crippen LogP contribution in [0.4, 0.5) is 0 Å². The van der Waals surface area contributed by atoms with Gasteiger partial charge in [-0.1, -0.05) is 0 Å². The summed E-state index contributed by atoms with van der Waals surface area (Å²) in [6.07, 6.45) is 0.302. The van der Waals surface area contributed by atoms with Crippen molar-refractivity contribution in [2.45, 2.75) is 32.0 Å². The molecule has 92 valence electrons. The summed E-state index contributed by atoms with van der Waals surface area (Å²) < 4.78 is 0. The topological polar surface area (TPSA) is 72.8 Å². The maximum absolute atomic E-state index is 12.3. The fourth-order valence-electron chi connectivity index (χ4n) is 2.56. The van der Waals surface area contributed by atoms with Crippen molar-refractivity contribution < 1.29 is 15.0 Å². The molecule has 5 nitrogen and oxygen atoms in total. The molecule has 0 aromatic carbocycles. The Labute approximate surface area is 95.4 Å². The van der Waals surface area contributed by atoms with Gasteiger partial charge in [0, 0.05) is 19.6 Å². The number of piperidine rings is 1. The van der Waals surface area contributed by atoms with Gasteiger partial charge in [0.1, 0.15) is 0 Å². The Morgan fingerprint density at radius 3 is 2.50 bits per heavy atom. The summed E-state index contributed by atoms with van der Waals surface area (Å²) in [5, 5.41) is 22.1. The fourth-order valence-corrected chi connectivity index (χ4v) is 2.56. The average Bonchev–Trinajstić information content (AvgIpc) is 2.59. The van der Waals surface area contributed by atoms with Crippen LogP contribution in [0.2, 0.25) is 0 Å². The smallest absolute Gasteiger partial charge is 0.229 e. The van der Waals surface area contributed by atoms with Crippen LogP contribution in [0.3, 0.4) is 0 Å². The number of carbonyl (C=O) groups excluding carboxylic acids is 1. The van der Waals surface area contributed by atoms with Gasteiger partial charge in [-0.05, 0) is 26.3 Å². The molecule has 0 saturated carbocycles. The van der Waals surface area contributed by atoms with Gasteiger partial charge in [-0.3, -0.25) is 4.79 Å². The maximum Gasteiger partial charge on any atom is 0.229 e. The summed E-state index contributed by atoms with van der Waals surface area (Å²) in [6.45, 7) is 4.13. The van der Waals surface area contributed by atoms with Crippen LogP contribution in [0.5, 0.6) is 0 Å². The molecule has 2 rings (SSSR count). The van der Waals surface area contributed by atoms with Crippen LogP contribution >= 0.6 is 0 Å². The number of aliphatic hydroxyl groups excluding tert-OH is 2. The molecule has 3 unspecified atom stereocenters. The zero-order valence-corrected chi connectivity index (χ0v) is 9.65. The first-order valence-corrected chi connectivity index (χ1v) is 5.89. The van der Waals surface area contributed by atoms with E-state index in [0.29, 0.717) is 6.54 Å². The maximum atomic E-state index is 12.3. The normalized spacial score (nSPS) is 40.1. The molecule has 0 bridgehead atoms. The Bertz CT molecular complexity index is 266. The monoisotopic (exact) mass is 228 g/mol. The van der Waals surface area contributed by atoms with Crippen LogP contribution in [0.25, 0.3) is 0 Å². The number of likely N-dealkylation sites (tertiary alicyclic amines) is 1. The number of hydrogen-bond donors (Lipinski definition) is 3. The minimum Gasteiger partial charge on any atom is -0.388 e. The number of aliphatic hydroxyl groups is 2. The third-order valence-corrected chi connectivity index (χ3v) is 3.66. The van der Waals surface area contributed by atoms with Gasteiger partial charge >= 0.3 is 0 Å². The van der Waals surface area contributed by atoms with Crippen molar-refractivity contribution in [3.63, 3.8) is 0 Å². The van der Waals surface area contributed by atoms with E-state index in [1.165, 1.54) is 0 Å². The molecule has 1 amide bonds. The molecule has 0 aromatic heterocycles. The molecule has 3 N–H and O–H groups in total. The highest BCUT2D eigenvalue weighted by atomic mass is 16.3. The Morgan fingerprint density at radius 1 is 1.38 bits per heavy atom.